The zero-order chi connectivity index (χ0) is 7.90. The molecule has 11 heavy (non-hydrogen) atoms. The van der Waals surface area contributed by atoms with Gasteiger partial charge in [-0.05, 0) is 19.3 Å². The third kappa shape index (κ3) is 0.861. The summed E-state index contributed by atoms with van der Waals surface area (Å²) in [7, 11) is 0. The Labute approximate surface area is 66.9 Å². The van der Waals surface area contributed by atoms with Gasteiger partial charge in [-0.25, -0.2) is 0 Å². The second-order valence-electron chi connectivity index (χ2n) is 3.58. The normalized spacial score (nSPS) is 48.1. The molecule has 2 saturated heterocycles. The lowest BCUT2D eigenvalue weighted by Gasteiger charge is -2.28. The van der Waals surface area contributed by atoms with Crippen LogP contribution in [0, 0.1) is 5.92 Å². The Balaban J connectivity index is 2.21. The topological polar surface area (TPSA) is 29.5 Å². The van der Waals surface area contributed by atoms with Gasteiger partial charge in [0, 0.05) is 5.92 Å². The standard InChI is InChI=1S/C9H14O2/c1-2-7-5-8-3-4-9(7,6-10)11-8/h2,7-8,10H,1,3-6H2. The molecule has 3 atom stereocenters. The Hall–Kier alpha value is -0.340. The monoisotopic (exact) mass is 154 g/mol. The summed E-state index contributed by atoms with van der Waals surface area (Å²) in [5.74, 6) is 0.381. The number of aliphatic hydroxyl groups is 1. The van der Waals surface area contributed by atoms with Gasteiger partial charge in [-0.1, -0.05) is 6.08 Å². The fourth-order valence-electron chi connectivity index (χ4n) is 2.34. The minimum atomic E-state index is -0.244. The molecule has 2 rings (SSSR count). The van der Waals surface area contributed by atoms with Crippen LogP contribution in [-0.2, 0) is 4.74 Å². The van der Waals surface area contributed by atoms with Crippen molar-refractivity contribution in [2.45, 2.75) is 31.0 Å². The van der Waals surface area contributed by atoms with Crippen LogP contribution in [0.3, 0.4) is 0 Å². The van der Waals surface area contributed by atoms with Crippen molar-refractivity contribution < 1.29 is 9.84 Å². The Bertz CT molecular complexity index is 178. The summed E-state index contributed by atoms with van der Waals surface area (Å²) in [6, 6.07) is 0. The molecule has 0 aliphatic carbocycles. The van der Waals surface area contributed by atoms with Gasteiger partial charge in [-0.3, -0.25) is 0 Å². The molecule has 0 radical (unpaired) electrons. The van der Waals surface area contributed by atoms with E-state index in [9.17, 15) is 5.11 Å². The van der Waals surface area contributed by atoms with Gasteiger partial charge in [0.05, 0.1) is 18.3 Å². The molecule has 2 heteroatoms. The van der Waals surface area contributed by atoms with E-state index in [2.05, 4.69) is 6.58 Å². The van der Waals surface area contributed by atoms with E-state index >= 15 is 0 Å². The van der Waals surface area contributed by atoms with Crippen molar-refractivity contribution >= 4 is 0 Å². The first-order valence-electron chi connectivity index (χ1n) is 4.22. The fourth-order valence-corrected chi connectivity index (χ4v) is 2.34. The molecule has 2 bridgehead atoms. The molecule has 0 aromatic heterocycles. The third-order valence-electron chi connectivity index (χ3n) is 3.04. The van der Waals surface area contributed by atoms with E-state index < -0.39 is 0 Å². The molecule has 0 spiro atoms. The van der Waals surface area contributed by atoms with Gasteiger partial charge >= 0.3 is 0 Å². The first-order chi connectivity index (χ1) is 5.30. The number of rotatable bonds is 2. The molecule has 62 valence electrons. The van der Waals surface area contributed by atoms with Gasteiger partial charge in [0.1, 0.15) is 0 Å². The molecule has 0 saturated carbocycles. The van der Waals surface area contributed by atoms with Crippen molar-refractivity contribution in [1.29, 1.82) is 0 Å². The van der Waals surface area contributed by atoms with Crippen LogP contribution >= 0.6 is 0 Å². The summed E-state index contributed by atoms with van der Waals surface area (Å²) in [6.07, 6.45) is 5.50. The van der Waals surface area contributed by atoms with Crippen molar-refractivity contribution in [2.24, 2.45) is 5.92 Å². The van der Waals surface area contributed by atoms with E-state index in [1.54, 1.807) is 0 Å². The van der Waals surface area contributed by atoms with Crippen molar-refractivity contribution in [3.63, 3.8) is 0 Å². The highest BCUT2D eigenvalue weighted by Crippen LogP contribution is 2.47. The van der Waals surface area contributed by atoms with Gasteiger partial charge in [0.2, 0.25) is 0 Å². The number of fused-ring (bicyclic) bond motifs is 2. The van der Waals surface area contributed by atoms with Crippen LogP contribution in [0.25, 0.3) is 0 Å². The Morgan fingerprint density at radius 2 is 2.55 bits per heavy atom. The SMILES string of the molecule is C=CC1CC2CCC1(CO)O2. The van der Waals surface area contributed by atoms with Crippen LogP contribution in [0.15, 0.2) is 12.7 Å². The summed E-state index contributed by atoms with van der Waals surface area (Å²) in [4.78, 5) is 0. The van der Waals surface area contributed by atoms with Crippen LogP contribution in [0.2, 0.25) is 0 Å². The highest BCUT2D eigenvalue weighted by molar-refractivity contribution is 5.07. The Morgan fingerprint density at radius 1 is 1.73 bits per heavy atom. The van der Waals surface area contributed by atoms with Gasteiger partial charge in [-0.2, -0.15) is 0 Å². The summed E-state index contributed by atoms with van der Waals surface area (Å²) in [5.41, 5.74) is -0.244. The zero-order valence-corrected chi connectivity index (χ0v) is 6.62. The van der Waals surface area contributed by atoms with E-state index in [1.165, 1.54) is 0 Å². The maximum atomic E-state index is 9.17. The first kappa shape index (κ1) is 7.32. The summed E-state index contributed by atoms with van der Waals surface area (Å²) >= 11 is 0. The minimum absolute atomic E-state index is 0.153. The zero-order valence-electron chi connectivity index (χ0n) is 6.62. The maximum Gasteiger partial charge on any atom is 0.0979 e. The maximum absolute atomic E-state index is 9.17. The van der Waals surface area contributed by atoms with E-state index in [4.69, 9.17) is 4.74 Å². The number of ether oxygens (including phenoxy) is 1. The first-order valence-corrected chi connectivity index (χ1v) is 4.22. The Morgan fingerprint density at radius 3 is 3.00 bits per heavy atom. The molecular formula is C9H14O2. The smallest absolute Gasteiger partial charge is 0.0979 e. The second-order valence-corrected chi connectivity index (χ2v) is 3.58. The molecule has 0 aromatic carbocycles. The van der Waals surface area contributed by atoms with Crippen molar-refractivity contribution in [3.8, 4) is 0 Å². The largest absolute Gasteiger partial charge is 0.393 e. The number of hydrogen-bond donors (Lipinski definition) is 1. The lowest BCUT2D eigenvalue weighted by molar-refractivity contribution is -0.0405. The third-order valence-corrected chi connectivity index (χ3v) is 3.04. The summed E-state index contributed by atoms with van der Waals surface area (Å²) in [6.45, 7) is 3.92. The molecule has 2 aliphatic heterocycles. The molecule has 2 nitrogen and oxygen atoms in total. The average Bonchev–Trinajstić information content (AvgIpc) is 2.60. The molecule has 3 unspecified atom stereocenters. The van der Waals surface area contributed by atoms with Gasteiger partial charge in [0.15, 0.2) is 0 Å². The molecule has 2 aliphatic rings. The van der Waals surface area contributed by atoms with Gasteiger partial charge < -0.3 is 9.84 Å². The predicted octanol–water partition coefficient (Wildman–Crippen LogP) is 1.10. The van der Waals surface area contributed by atoms with Crippen molar-refractivity contribution in [1.82, 2.24) is 0 Å². The molecular weight excluding hydrogens is 140 g/mol. The summed E-state index contributed by atoms with van der Waals surface area (Å²) in [5, 5.41) is 9.17. The highest BCUT2D eigenvalue weighted by Gasteiger charge is 2.51. The summed E-state index contributed by atoms with van der Waals surface area (Å²) < 4.78 is 5.69. The molecule has 1 N–H and O–H groups in total. The van der Waals surface area contributed by atoms with Crippen molar-refractivity contribution in [3.05, 3.63) is 12.7 Å². The van der Waals surface area contributed by atoms with Crippen LogP contribution in [0.5, 0.6) is 0 Å². The molecule has 0 aromatic rings. The van der Waals surface area contributed by atoms with E-state index in [1.807, 2.05) is 6.08 Å². The number of hydrogen-bond acceptors (Lipinski definition) is 2. The van der Waals surface area contributed by atoms with E-state index in [0.29, 0.717) is 12.0 Å². The van der Waals surface area contributed by atoms with Crippen molar-refractivity contribution in [2.75, 3.05) is 6.61 Å². The van der Waals surface area contributed by atoms with Gasteiger partial charge in [-0.15, -0.1) is 6.58 Å². The Kier molecular flexibility index (Phi) is 1.55. The quantitative estimate of drug-likeness (QED) is 0.603. The van der Waals surface area contributed by atoms with Crippen LogP contribution in [0.4, 0.5) is 0 Å². The molecule has 0 amide bonds. The van der Waals surface area contributed by atoms with Gasteiger partial charge in [0.25, 0.3) is 0 Å². The second kappa shape index (κ2) is 2.32. The average molecular weight is 154 g/mol. The lowest BCUT2D eigenvalue weighted by Crippen LogP contribution is -2.36. The van der Waals surface area contributed by atoms with E-state index in [-0.39, 0.29) is 12.2 Å². The van der Waals surface area contributed by atoms with E-state index in [0.717, 1.165) is 19.3 Å². The number of aliphatic hydroxyl groups excluding tert-OH is 1. The fraction of sp³-hybridized carbons (Fsp3) is 0.778. The highest BCUT2D eigenvalue weighted by atomic mass is 16.5. The predicted molar refractivity (Wildman–Crippen MR) is 42.2 cm³/mol. The lowest BCUT2D eigenvalue weighted by atomic mass is 9.79. The minimum Gasteiger partial charge on any atom is -0.393 e. The molecule has 2 fully saturated rings. The van der Waals surface area contributed by atoms with Crippen LogP contribution < -0.4 is 0 Å². The van der Waals surface area contributed by atoms with Crippen LogP contribution in [-0.4, -0.2) is 23.4 Å². The molecule has 2 heterocycles. The van der Waals surface area contributed by atoms with Crippen LogP contribution in [0.1, 0.15) is 19.3 Å².